The van der Waals surface area contributed by atoms with Crippen LogP contribution in [0.25, 0.3) is 11.1 Å². The number of hydrogen-bond donors (Lipinski definition) is 2. The van der Waals surface area contributed by atoms with Gasteiger partial charge in [-0.05, 0) is 54.4 Å². The van der Waals surface area contributed by atoms with Crippen LogP contribution < -0.4 is 5.32 Å². The van der Waals surface area contributed by atoms with Crippen molar-refractivity contribution in [2.75, 3.05) is 19.7 Å². The van der Waals surface area contributed by atoms with Crippen LogP contribution >= 0.6 is 0 Å². The smallest absolute Gasteiger partial charge is 0.408 e. The Hall–Kier alpha value is -3.35. The number of amides is 2. The number of nitrogens with zero attached hydrogens (tertiary/aromatic N) is 1. The topological polar surface area (TPSA) is 95.9 Å². The Labute approximate surface area is 199 Å². The van der Waals surface area contributed by atoms with Gasteiger partial charge in [-0.25, -0.2) is 4.79 Å². The monoisotopic (exact) mass is 462 g/mol. The summed E-state index contributed by atoms with van der Waals surface area (Å²) in [6.07, 6.45) is 1.98. The molecule has 178 valence electrons. The third-order valence-electron chi connectivity index (χ3n) is 7.98. The number of hydrogen-bond acceptors (Lipinski definition) is 4. The number of aliphatic carboxylic acids is 1. The second kappa shape index (κ2) is 8.46. The molecule has 7 heteroatoms. The second-order valence-electron chi connectivity index (χ2n) is 9.76. The summed E-state index contributed by atoms with van der Waals surface area (Å²) in [5, 5.41) is 12.4. The van der Waals surface area contributed by atoms with Gasteiger partial charge in [0, 0.05) is 19.0 Å². The molecule has 2 fully saturated rings. The minimum atomic E-state index is -0.919. The highest BCUT2D eigenvalue weighted by Crippen LogP contribution is 2.45. The Kier molecular flexibility index (Phi) is 5.58. The van der Waals surface area contributed by atoms with Gasteiger partial charge >= 0.3 is 12.1 Å². The number of carbonyl (C=O) groups is 3. The van der Waals surface area contributed by atoms with E-state index in [1.807, 2.05) is 31.2 Å². The van der Waals surface area contributed by atoms with E-state index >= 15 is 0 Å². The van der Waals surface area contributed by atoms with Crippen LogP contribution in [0.15, 0.2) is 48.5 Å². The fourth-order valence-corrected chi connectivity index (χ4v) is 5.51. The van der Waals surface area contributed by atoms with Gasteiger partial charge in [0.05, 0.1) is 5.41 Å². The van der Waals surface area contributed by atoms with Gasteiger partial charge in [0.15, 0.2) is 0 Å². The average Bonchev–Trinajstić information content (AvgIpc) is 3.57. The Balaban J connectivity index is 1.20. The van der Waals surface area contributed by atoms with Crippen molar-refractivity contribution in [2.45, 2.75) is 50.5 Å². The van der Waals surface area contributed by atoms with Crippen molar-refractivity contribution in [3.63, 3.8) is 0 Å². The first-order valence-electron chi connectivity index (χ1n) is 12.1. The quantitative estimate of drug-likeness (QED) is 0.672. The first-order chi connectivity index (χ1) is 16.4. The van der Waals surface area contributed by atoms with Crippen LogP contribution in [-0.4, -0.2) is 53.2 Å². The maximum Gasteiger partial charge on any atom is 0.408 e. The number of benzene rings is 2. The Bertz CT molecular complexity index is 1090. The molecule has 0 unspecified atom stereocenters. The maximum atomic E-state index is 13.2. The van der Waals surface area contributed by atoms with Crippen LogP contribution in [0.4, 0.5) is 4.79 Å². The third-order valence-corrected chi connectivity index (χ3v) is 7.98. The van der Waals surface area contributed by atoms with Crippen molar-refractivity contribution >= 4 is 18.0 Å². The van der Waals surface area contributed by atoms with E-state index in [1.165, 1.54) is 0 Å². The van der Waals surface area contributed by atoms with Crippen LogP contribution in [0.3, 0.4) is 0 Å². The molecular weight excluding hydrogens is 432 g/mol. The van der Waals surface area contributed by atoms with Gasteiger partial charge in [0.2, 0.25) is 5.91 Å². The molecule has 1 heterocycles. The summed E-state index contributed by atoms with van der Waals surface area (Å²) in [6, 6.07) is 16.3. The van der Waals surface area contributed by atoms with Gasteiger partial charge in [0.25, 0.3) is 0 Å². The number of fused-ring (bicyclic) bond motifs is 3. The molecule has 0 spiro atoms. The van der Waals surface area contributed by atoms with Gasteiger partial charge in [0.1, 0.15) is 12.1 Å². The minimum Gasteiger partial charge on any atom is -0.481 e. The summed E-state index contributed by atoms with van der Waals surface area (Å²) in [5.74, 6) is -0.958. The molecule has 3 aliphatic rings. The molecule has 1 saturated carbocycles. The summed E-state index contributed by atoms with van der Waals surface area (Å²) < 4.78 is 5.64. The number of nitrogens with one attached hydrogen (secondary N) is 1. The number of ether oxygens (including phenoxy) is 1. The molecule has 2 amide bonds. The first kappa shape index (κ1) is 22.4. The van der Waals surface area contributed by atoms with Gasteiger partial charge < -0.3 is 20.1 Å². The standard InChI is InChI=1S/C27H30N2O5/c1-2-26(24(31)32)13-15-29(16-14-26)23(30)27(11-12-27)28-25(33)34-17-22-20-9-5-3-7-18(20)19-8-4-6-10-21(19)22/h3-10,22H,2,11-17H2,1H3,(H,28,33)(H,31,32). The molecule has 2 N–H and O–H groups in total. The lowest BCUT2D eigenvalue weighted by Crippen LogP contribution is -2.54. The normalized spacial score (nSPS) is 19.6. The lowest BCUT2D eigenvalue weighted by atomic mass is 9.76. The van der Waals surface area contributed by atoms with E-state index in [0.717, 1.165) is 22.3 Å². The molecule has 0 atom stereocenters. The molecular formula is C27H30N2O5. The largest absolute Gasteiger partial charge is 0.481 e. The van der Waals surface area contributed by atoms with E-state index in [9.17, 15) is 19.5 Å². The van der Waals surface area contributed by atoms with Crippen molar-refractivity contribution in [1.29, 1.82) is 0 Å². The molecule has 0 bridgehead atoms. The highest BCUT2D eigenvalue weighted by molar-refractivity contribution is 5.93. The molecule has 2 aromatic rings. The average molecular weight is 463 g/mol. The summed E-state index contributed by atoms with van der Waals surface area (Å²) in [6.45, 7) is 2.87. The number of likely N-dealkylation sites (tertiary alicyclic amines) is 1. The van der Waals surface area contributed by atoms with Gasteiger partial charge in [-0.1, -0.05) is 55.5 Å². The van der Waals surface area contributed by atoms with Crippen LogP contribution in [0.1, 0.15) is 56.1 Å². The van der Waals surface area contributed by atoms with Crippen LogP contribution in [0.2, 0.25) is 0 Å². The zero-order chi connectivity index (χ0) is 23.9. The molecule has 2 aliphatic carbocycles. The Morgan fingerprint density at radius 2 is 1.53 bits per heavy atom. The lowest BCUT2D eigenvalue weighted by molar-refractivity contribution is -0.155. The number of rotatable bonds is 6. The summed E-state index contributed by atoms with van der Waals surface area (Å²) in [4.78, 5) is 39.3. The highest BCUT2D eigenvalue weighted by atomic mass is 16.5. The molecule has 34 heavy (non-hydrogen) atoms. The lowest BCUT2D eigenvalue weighted by Gasteiger charge is -2.39. The number of carbonyl (C=O) groups excluding carboxylic acids is 2. The Morgan fingerprint density at radius 3 is 2.03 bits per heavy atom. The summed E-state index contributed by atoms with van der Waals surface area (Å²) >= 11 is 0. The molecule has 0 radical (unpaired) electrons. The molecule has 5 rings (SSSR count). The molecule has 1 saturated heterocycles. The zero-order valence-electron chi connectivity index (χ0n) is 19.4. The predicted octanol–water partition coefficient (Wildman–Crippen LogP) is 4.16. The van der Waals surface area contributed by atoms with E-state index < -0.39 is 23.0 Å². The molecule has 7 nitrogen and oxygen atoms in total. The van der Waals surface area contributed by atoms with Crippen LogP contribution in [0.5, 0.6) is 0 Å². The summed E-state index contributed by atoms with van der Waals surface area (Å²) in [7, 11) is 0. The highest BCUT2D eigenvalue weighted by Gasteiger charge is 2.54. The Morgan fingerprint density at radius 1 is 0.971 bits per heavy atom. The van der Waals surface area contributed by atoms with Crippen molar-refractivity contribution in [1.82, 2.24) is 10.2 Å². The second-order valence-corrected chi connectivity index (χ2v) is 9.76. The van der Waals surface area contributed by atoms with Crippen LogP contribution in [0, 0.1) is 5.41 Å². The van der Waals surface area contributed by atoms with Gasteiger partial charge in [-0.2, -0.15) is 0 Å². The van der Waals surface area contributed by atoms with E-state index in [1.54, 1.807) is 4.90 Å². The van der Waals surface area contributed by atoms with Crippen molar-refractivity contribution in [3.8, 4) is 11.1 Å². The third kappa shape index (κ3) is 3.73. The summed E-state index contributed by atoms with van der Waals surface area (Å²) in [5.41, 5.74) is 2.93. The zero-order valence-corrected chi connectivity index (χ0v) is 19.4. The SMILES string of the molecule is CCC1(C(=O)O)CCN(C(=O)C2(NC(=O)OCC3c4ccccc4-c4ccccc43)CC2)CC1. The number of carboxylic acids is 1. The first-order valence-corrected chi connectivity index (χ1v) is 12.1. The van der Waals surface area contributed by atoms with Crippen molar-refractivity contribution in [2.24, 2.45) is 5.41 Å². The van der Waals surface area contributed by atoms with E-state index in [4.69, 9.17) is 4.74 Å². The van der Waals surface area contributed by atoms with E-state index in [-0.39, 0.29) is 18.4 Å². The van der Waals surface area contributed by atoms with Crippen LogP contribution in [-0.2, 0) is 14.3 Å². The fourth-order valence-electron chi connectivity index (χ4n) is 5.51. The van der Waals surface area contributed by atoms with Crippen molar-refractivity contribution in [3.05, 3.63) is 59.7 Å². The minimum absolute atomic E-state index is 0.0377. The van der Waals surface area contributed by atoms with Crippen molar-refractivity contribution < 1.29 is 24.2 Å². The molecule has 0 aromatic heterocycles. The maximum absolute atomic E-state index is 13.2. The molecule has 2 aromatic carbocycles. The van der Waals surface area contributed by atoms with E-state index in [2.05, 4.69) is 29.6 Å². The molecule has 1 aliphatic heterocycles. The number of carboxylic acid groups (broad SMARTS) is 1. The fraction of sp³-hybridized carbons (Fsp3) is 0.444. The predicted molar refractivity (Wildman–Crippen MR) is 126 cm³/mol. The van der Waals surface area contributed by atoms with E-state index in [0.29, 0.717) is 45.2 Å². The number of piperidine rings is 1. The van der Waals surface area contributed by atoms with Gasteiger partial charge in [-0.15, -0.1) is 0 Å². The number of alkyl carbamates (subject to hydrolysis) is 1. The van der Waals surface area contributed by atoms with Gasteiger partial charge in [-0.3, -0.25) is 9.59 Å².